The lowest BCUT2D eigenvalue weighted by atomic mass is 9.96. The molecule has 0 radical (unpaired) electrons. The number of aryl methyl sites for hydroxylation is 2. The lowest BCUT2D eigenvalue weighted by Gasteiger charge is -2.28. The SMILES string of the molecule is CCNC(C)(CC(C)Sc1cc(C)nn1C)C(=O)O. The minimum atomic E-state index is -0.880. The Bertz CT molecular complexity index is 447. The summed E-state index contributed by atoms with van der Waals surface area (Å²) in [5, 5.41) is 18.0. The van der Waals surface area contributed by atoms with E-state index in [-0.39, 0.29) is 5.25 Å². The molecule has 0 aliphatic carbocycles. The van der Waals surface area contributed by atoms with Crippen molar-refractivity contribution in [1.29, 1.82) is 0 Å². The van der Waals surface area contributed by atoms with Gasteiger partial charge in [-0.2, -0.15) is 5.10 Å². The zero-order valence-electron chi connectivity index (χ0n) is 12.2. The average Bonchev–Trinajstić information content (AvgIpc) is 2.57. The van der Waals surface area contributed by atoms with E-state index in [9.17, 15) is 9.90 Å². The van der Waals surface area contributed by atoms with E-state index >= 15 is 0 Å². The van der Waals surface area contributed by atoms with Crippen LogP contribution in [0.15, 0.2) is 11.1 Å². The first kappa shape index (κ1) is 16.0. The zero-order chi connectivity index (χ0) is 14.6. The van der Waals surface area contributed by atoms with E-state index in [0.29, 0.717) is 13.0 Å². The largest absolute Gasteiger partial charge is 0.480 e. The smallest absolute Gasteiger partial charge is 0.323 e. The van der Waals surface area contributed by atoms with Crippen LogP contribution in [0.25, 0.3) is 0 Å². The average molecular weight is 285 g/mol. The molecule has 1 aromatic heterocycles. The van der Waals surface area contributed by atoms with Gasteiger partial charge in [-0.15, -0.1) is 11.8 Å². The van der Waals surface area contributed by atoms with E-state index in [1.165, 1.54) is 0 Å². The topological polar surface area (TPSA) is 67.2 Å². The van der Waals surface area contributed by atoms with Gasteiger partial charge in [-0.05, 0) is 32.9 Å². The van der Waals surface area contributed by atoms with E-state index in [0.717, 1.165) is 10.7 Å². The van der Waals surface area contributed by atoms with E-state index < -0.39 is 11.5 Å². The third kappa shape index (κ3) is 4.24. The Kier molecular flexibility index (Phi) is 5.43. The van der Waals surface area contributed by atoms with Gasteiger partial charge in [0, 0.05) is 12.3 Å². The fraction of sp³-hybridized carbons (Fsp3) is 0.692. The van der Waals surface area contributed by atoms with Gasteiger partial charge in [0.15, 0.2) is 0 Å². The Morgan fingerprint density at radius 2 is 2.32 bits per heavy atom. The molecule has 0 saturated carbocycles. The number of thioether (sulfide) groups is 1. The minimum Gasteiger partial charge on any atom is -0.480 e. The molecular formula is C13H23N3O2S. The standard InChI is InChI=1S/C13H23N3O2S/c1-6-14-13(4,12(17)18)8-10(3)19-11-7-9(2)15-16(11)5/h7,10,14H,6,8H2,1-5H3,(H,17,18). The summed E-state index contributed by atoms with van der Waals surface area (Å²) >= 11 is 1.66. The number of carboxylic acids is 1. The van der Waals surface area contributed by atoms with Gasteiger partial charge in [0.2, 0.25) is 0 Å². The van der Waals surface area contributed by atoms with Gasteiger partial charge in [0.05, 0.1) is 10.7 Å². The van der Waals surface area contributed by atoms with Crippen LogP contribution in [-0.4, -0.2) is 38.2 Å². The van der Waals surface area contributed by atoms with Crippen LogP contribution in [0.1, 0.15) is 32.9 Å². The molecule has 2 N–H and O–H groups in total. The summed E-state index contributed by atoms with van der Waals surface area (Å²) in [4.78, 5) is 11.4. The second kappa shape index (κ2) is 6.43. The second-order valence-corrected chi connectivity index (χ2v) is 6.51. The van der Waals surface area contributed by atoms with Crippen LogP contribution in [0.3, 0.4) is 0 Å². The van der Waals surface area contributed by atoms with Crippen molar-refractivity contribution in [3.63, 3.8) is 0 Å². The molecule has 0 aliphatic rings. The van der Waals surface area contributed by atoms with Crippen molar-refractivity contribution in [2.75, 3.05) is 6.54 Å². The Morgan fingerprint density at radius 3 is 2.74 bits per heavy atom. The highest BCUT2D eigenvalue weighted by Crippen LogP contribution is 2.29. The number of rotatable bonds is 7. The Morgan fingerprint density at radius 1 is 1.68 bits per heavy atom. The highest BCUT2D eigenvalue weighted by atomic mass is 32.2. The molecule has 19 heavy (non-hydrogen) atoms. The van der Waals surface area contributed by atoms with Crippen molar-refractivity contribution >= 4 is 17.7 Å². The van der Waals surface area contributed by atoms with Gasteiger partial charge in [-0.1, -0.05) is 13.8 Å². The maximum Gasteiger partial charge on any atom is 0.323 e. The zero-order valence-corrected chi connectivity index (χ0v) is 13.0. The van der Waals surface area contributed by atoms with Crippen molar-refractivity contribution in [2.24, 2.45) is 7.05 Å². The van der Waals surface area contributed by atoms with E-state index in [1.54, 1.807) is 18.7 Å². The molecule has 0 spiro atoms. The number of nitrogens with zero attached hydrogens (tertiary/aromatic N) is 2. The molecule has 5 nitrogen and oxygen atoms in total. The van der Waals surface area contributed by atoms with E-state index in [2.05, 4.69) is 10.4 Å². The predicted octanol–water partition coefficient (Wildman–Crippen LogP) is 2.05. The monoisotopic (exact) mass is 285 g/mol. The number of hydrogen-bond donors (Lipinski definition) is 2. The summed E-state index contributed by atoms with van der Waals surface area (Å²) < 4.78 is 1.84. The summed E-state index contributed by atoms with van der Waals surface area (Å²) in [7, 11) is 1.91. The van der Waals surface area contributed by atoms with Gasteiger partial charge < -0.3 is 10.4 Å². The molecule has 6 heteroatoms. The fourth-order valence-electron chi connectivity index (χ4n) is 2.15. The quantitative estimate of drug-likeness (QED) is 0.751. The number of nitrogens with one attached hydrogen (secondary N) is 1. The number of hydrogen-bond acceptors (Lipinski definition) is 4. The van der Waals surface area contributed by atoms with Crippen molar-refractivity contribution in [1.82, 2.24) is 15.1 Å². The number of aliphatic carboxylic acids is 1. The number of carboxylic acid groups (broad SMARTS) is 1. The first-order chi connectivity index (χ1) is 8.78. The van der Waals surface area contributed by atoms with Crippen molar-refractivity contribution in [3.8, 4) is 0 Å². The molecule has 0 amide bonds. The first-order valence-electron chi connectivity index (χ1n) is 6.44. The fourth-order valence-corrected chi connectivity index (χ4v) is 3.41. The van der Waals surface area contributed by atoms with Gasteiger partial charge in [0.25, 0.3) is 0 Å². The van der Waals surface area contributed by atoms with Crippen LogP contribution < -0.4 is 5.32 Å². The molecule has 108 valence electrons. The summed E-state index contributed by atoms with van der Waals surface area (Å²) in [5.41, 5.74) is 0.0966. The molecule has 0 fully saturated rings. The third-order valence-corrected chi connectivity index (χ3v) is 4.21. The van der Waals surface area contributed by atoms with Gasteiger partial charge in [-0.3, -0.25) is 9.48 Å². The van der Waals surface area contributed by atoms with Crippen LogP contribution in [0, 0.1) is 6.92 Å². The molecule has 0 aliphatic heterocycles. The van der Waals surface area contributed by atoms with Gasteiger partial charge in [-0.25, -0.2) is 0 Å². The summed E-state index contributed by atoms with van der Waals surface area (Å²) in [6.45, 7) is 8.30. The van der Waals surface area contributed by atoms with E-state index in [4.69, 9.17) is 0 Å². The van der Waals surface area contributed by atoms with Crippen LogP contribution in [0.2, 0.25) is 0 Å². The minimum absolute atomic E-state index is 0.190. The Hall–Kier alpha value is -1.01. The highest BCUT2D eigenvalue weighted by molar-refractivity contribution is 7.99. The molecule has 1 heterocycles. The lowest BCUT2D eigenvalue weighted by Crippen LogP contribution is -2.50. The third-order valence-electron chi connectivity index (χ3n) is 3.02. The summed E-state index contributed by atoms with van der Waals surface area (Å²) in [6, 6.07) is 2.02. The van der Waals surface area contributed by atoms with Crippen LogP contribution in [0.4, 0.5) is 0 Å². The number of carbonyl (C=O) groups is 1. The molecule has 1 rings (SSSR count). The molecule has 0 bridgehead atoms. The van der Waals surface area contributed by atoms with Gasteiger partial charge >= 0.3 is 5.97 Å². The van der Waals surface area contributed by atoms with E-state index in [1.807, 2.05) is 38.6 Å². The van der Waals surface area contributed by atoms with Crippen molar-refractivity contribution in [2.45, 2.75) is 49.9 Å². The molecule has 2 unspecified atom stereocenters. The van der Waals surface area contributed by atoms with Gasteiger partial charge in [0.1, 0.15) is 5.54 Å². The molecule has 1 aromatic rings. The maximum atomic E-state index is 11.4. The van der Waals surface area contributed by atoms with Crippen molar-refractivity contribution in [3.05, 3.63) is 11.8 Å². The number of likely N-dealkylation sites (N-methyl/N-ethyl adjacent to an activating group) is 1. The van der Waals surface area contributed by atoms with Crippen LogP contribution in [-0.2, 0) is 11.8 Å². The van der Waals surface area contributed by atoms with Crippen LogP contribution in [0.5, 0.6) is 0 Å². The molecular weight excluding hydrogens is 262 g/mol. The summed E-state index contributed by atoms with van der Waals surface area (Å²) in [6.07, 6.45) is 0.561. The van der Waals surface area contributed by atoms with Crippen molar-refractivity contribution < 1.29 is 9.90 Å². The molecule has 0 saturated heterocycles. The lowest BCUT2D eigenvalue weighted by molar-refractivity contribution is -0.144. The molecule has 0 aromatic carbocycles. The number of aromatic nitrogens is 2. The Labute approximate surface area is 118 Å². The second-order valence-electron chi connectivity index (χ2n) is 5.05. The first-order valence-corrected chi connectivity index (χ1v) is 7.32. The highest BCUT2D eigenvalue weighted by Gasteiger charge is 2.34. The maximum absolute atomic E-state index is 11.4. The Balaban J connectivity index is 2.70. The normalized spacial score (nSPS) is 16.1. The predicted molar refractivity (Wildman–Crippen MR) is 77.6 cm³/mol. The van der Waals surface area contributed by atoms with Crippen LogP contribution >= 0.6 is 11.8 Å². The molecule has 2 atom stereocenters. The summed E-state index contributed by atoms with van der Waals surface area (Å²) in [5.74, 6) is -0.803.